The van der Waals surface area contributed by atoms with Gasteiger partial charge in [-0.25, -0.2) is 20.0 Å². The highest BCUT2D eigenvalue weighted by atomic mass is 32.2. The molecule has 4 rings (SSSR count). The molecule has 0 atom stereocenters. The fourth-order valence-corrected chi connectivity index (χ4v) is 5.98. The third-order valence-corrected chi connectivity index (χ3v) is 8.65. The molecule has 0 bridgehead atoms. The van der Waals surface area contributed by atoms with Gasteiger partial charge in [-0.05, 0) is 49.4 Å². The quantitative estimate of drug-likeness (QED) is 0.0513. The summed E-state index contributed by atoms with van der Waals surface area (Å²) in [4.78, 5) is 37.4. The Morgan fingerprint density at radius 2 is 1.42 bits per heavy atom. The van der Waals surface area contributed by atoms with Crippen molar-refractivity contribution < 1.29 is 69.9 Å². The van der Waals surface area contributed by atoms with Gasteiger partial charge in [-0.2, -0.15) is 26.9 Å². The molecular formula is C21H16N4O16S4. The molecule has 20 nitrogen and oxygen atoms in total. The number of aromatic amines is 1. The van der Waals surface area contributed by atoms with Gasteiger partial charge in [-0.3, -0.25) is 23.8 Å². The Balaban J connectivity index is 1.88. The second-order valence-corrected chi connectivity index (χ2v) is 12.7. The van der Waals surface area contributed by atoms with Crippen LogP contribution >= 0.6 is 24.1 Å². The van der Waals surface area contributed by atoms with E-state index in [4.69, 9.17) is 10.5 Å². The smallest absolute Gasteiger partial charge is 0.357 e. The number of carboxylic acid groups (broad SMARTS) is 1. The van der Waals surface area contributed by atoms with Crippen LogP contribution in [0.2, 0.25) is 0 Å². The lowest BCUT2D eigenvalue weighted by Gasteiger charge is -2.15. The maximum atomic E-state index is 13.5. The van der Waals surface area contributed by atoms with Crippen LogP contribution in [-0.4, -0.2) is 68.9 Å². The van der Waals surface area contributed by atoms with Crippen LogP contribution in [0.3, 0.4) is 0 Å². The number of aryl methyl sites for hydroxylation is 1. The van der Waals surface area contributed by atoms with E-state index in [9.17, 15) is 45.4 Å². The third kappa shape index (κ3) is 7.16. The molecule has 0 aliphatic carbocycles. The lowest BCUT2D eigenvalue weighted by atomic mass is 10.1. The molecule has 45 heavy (non-hydrogen) atoms. The van der Waals surface area contributed by atoms with Crippen molar-refractivity contribution in [3.05, 3.63) is 63.6 Å². The zero-order valence-corrected chi connectivity index (χ0v) is 25.0. The number of carboxylic acids is 1. The first-order valence-electron chi connectivity index (χ1n) is 11.3. The summed E-state index contributed by atoms with van der Waals surface area (Å²) in [5.74, 6) is -3.06. The van der Waals surface area contributed by atoms with Gasteiger partial charge < -0.3 is 5.11 Å². The Hall–Kier alpha value is -3.92. The molecule has 0 radical (unpaired) electrons. The Kier molecular flexibility index (Phi) is 9.97. The topological polar surface area (TPSA) is 294 Å². The fourth-order valence-electron chi connectivity index (χ4n) is 3.89. The summed E-state index contributed by atoms with van der Waals surface area (Å²) in [6.07, 6.45) is 0.794. The number of nitrogens with zero attached hydrogens (tertiary/aromatic N) is 3. The number of hydrogen-bond donors (Lipinski definition) is 6. The van der Waals surface area contributed by atoms with E-state index in [-0.39, 0.29) is 15.5 Å². The van der Waals surface area contributed by atoms with Crippen LogP contribution in [0.1, 0.15) is 11.3 Å². The molecule has 1 aliphatic heterocycles. The monoisotopic (exact) mass is 708 g/mol. The number of H-pyrrole nitrogens is 1. The van der Waals surface area contributed by atoms with Crippen molar-refractivity contribution in [3.8, 4) is 5.69 Å². The zero-order chi connectivity index (χ0) is 33.3. The molecule has 240 valence electrons. The second-order valence-electron chi connectivity index (χ2n) is 8.38. The van der Waals surface area contributed by atoms with Crippen LogP contribution in [0.4, 0.5) is 5.69 Å². The van der Waals surface area contributed by atoms with Crippen LogP contribution < -0.4 is 10.6 Å². The number of anilines is 1. The Morgan fingerprint density at radius 1 is 0.911 bits per heavy atom. The summed E-state index contributed by atoms with van der Waals surface area (Å²) in [7, 11) is -9.97. The number of rotatable bonds is 12. The lowest BCUT2D eigenvalue weighted by Crippen LogP contribution is -2.24. The van der Waals surface area contributed by atoms with E-state index in [1.165, 1.54) is 6.92 Å². The van der Waals surface area contributed by atoms with Gasteiger partial charge >= 0.3 is 5.97 Å². The van der Waals surface area contributed by atoms with Crippen molar-refractivity contribution in [1.82, 2.24) is 9.78 Å². The van der Waals surface area contributed by atoms with Gasteiger partial charge in [0.1, 0.15) is 9.79 Å². The average molecular weight is 709 g/mol. The molecule has 1 aromatic heterocycles. The highest BCUT2D eigenvalue weighted by Crippen LogP contribution is 2.35. The van der Waals surface area contributed by atoms with Gasteiger partial charge in [0.25, 0.3) is 31.7 Å². The minimum atomic E-state index is -5.03. The highest BCUT2D eigenvalue weighted by molar-refractivity contribution is 7.94. The standard InChI is InChI=1S/C21H16N4O16S4/c1-9-12(19(26)24(22-9)14-6-10(42-40-38-30)2-4-16(14)44(32,33)34)8-13-18(21(28)29)23-25(20(13)27)15-7-11(43-41-39-31)3-5-17(15)45(35,36)37/h2-8,22,30-31H,1H3,(H,28,29)(H,32,33,34)(H,35,36,37). The predicted octanol–water partition coefficient (Wildman–Crippen LogP) is 1.69. The number of carbonyl (C=O) groups excluding carboxylic acids is 1. The molecule has 0 saturated carbocycles. The number of aromatic nitrogens is 2. The fraction of sp³-hybridized carbons (Fsp3) is 0.0476. The molecule has 6 N–H and O–H groups in total. The maximum absolute atomic E-state index is 13.5. The molecule has 2 heterocycles. The van der Waals surface area contributed by atoms with Crippen molar-refractivity contribution in [2.75, 3.05) is 5.01 Å². The van der Waals surface area contributed by atoms with E-state index in [1.54, 1.807) is 0 Å². The van der Waals surface area contributed by atoms with E-state index >= 15 is 0 Å². The van der Waals surface area contributed by atoms with Gasteiger partial charge in [0.15, 0.2) is 5.71 Å². The van der Waals surface area contributed by atoms with E-state index in [2.05, 4.69) is 28.9 Å². The van der Waals surface area contributed by atoms with E-state index in [0.29, 0.717) is 33.8 Å². The minimum Gasteiger partial charge on any atom is -0.476 e. The van der Waals surface area contributed by atoms with Crippen LogP contribution in [0, 0.1) is 6.92 Å². The van der Waals surface area contributed by atoms with Crippen molar-refractivity contribution in [3.63, 3.8) is 0 Å². The van der Waals surface area contributed by atoms with Crippen molar-refractivity contribution in [2.45, 2.75) is 26.5 Å². The third-order valence-electron chi connectivity index (χ3n) is 5.69. The lowest BCUT2D eigenvalue weighted by molar-refractivity contribution is -0.432. The number of hydrazone groups is 1. The summed E-state index contributed by atoms with van der Waals surface area (Å²) in [5.41, 5.74) is -4.31. The summed E-state index contributed by atoms with van der Waals surface area (Å²) in [6, 6.07) is 5.92. The first kappa shape index (κ1) is 34.0. The van der Waals surface area contributed by atoms with Gasteiger partial charge in [0.05, 0.1) is 46.6 Å². The van der Waals surface area contributed by atoms with Crippen LogP contribution in [0.15, 0.2) is 71.4 Å². The molecule has 0 fully saturated rings. The molecule has 0 unspecified atom stereocenters. The summed E-state index contributed by atoms with van der Waals surface area (Å²) in [5, 5.41) is 40.1. The normalized spacial score (nSPS) is 14.8. The van der Waals surface area contributed by atoms with E-state index in [1.807, 2.05) is 0 Å². The summed E-state index contributed by atoms with van der Waals surface area (Å²) in [6.45, 7) is 1.30. The highest BCUT2D eigenvalue weighted by Gasteiger charge is 2.38. The Labute approximate surface area is 258 Å². The summed E-state index contributed by atoms with van der Waals surface area (Å²) < 4.78 is 76.8. The molecule has 2 aromatic carbocycles. The van der Waals surface area contributed by atoms with Crippen LogP contribution in [0.25, 0.3) is 11.8 Å². The van der Waals surface area contributed by atoms with Gasteiger partial charge in [-0.1, -0.05) is 10.1 Å². The molecule has 24 heteroatoms. The first-order chi connectivity index (χ1) is 21.1. The molecule has 3 aromatic rings. The van der Waals surface area contributed by atoms with Crippen LogP contribution in [0.5, 0.6) is 0 Å². The number of carbonyl (C=O) groups is 2. The molecule has 1 aliphatic rings. The zero-order valence-electron chi connectivity index (χ0n) is 21.7. The van der Waals surface area contributed by atoms with Gasteiger partial charge in [0.2, 0.25) is 0 Å². The molecule has 1 amide bonds. The van der Waals surface area contributed by atoms with Crippen molar-refractivity contribution >= 4 is 73.7 Å². The Morgan fingerprint density at radius 3 is 1.91 bits per heavy atom. The molecule has 0 spiro atoms. The number of benzene rings is 2. The van der Waals surface area contributed by atoms with Gasteiger partial charge in [-0.15, -0.1) is 8.67 Å². The number of nitrogens with one attached hydrogen (secondary N) is 1. The van der Waals surface area contributed by atoms with Crippen LogP contribution in [-0.2, 0) is 48.6 Å². The Bertz CT molecular complexity index is 2030. The van der Waals surface area contributed by atoms with Gasteiger partial charge in [0, 0.05) is 15.5 Å². The van der Waals surface area contributed by atoms with Crippen molar-refractivity contribution in [2.24, 2.45) is 5.10 Å². The maximum Gasteiger partial charge on any atom is 0.357 e. The van der Waals surface area contributed by atoms with E-state index < -0.39 is 75.7 Å². The summed E-state index contributed by atoms with van der Waals surface area (Å²) >= 11 is 0.725. The molecular weight excluding hydrogens is 693 g/mol. The predicted molar refractivity (Wildman–Crippen MR) is 149 cm³/mol. The van der Waals surface area contributed by atoms with E-state index in [0.717, 1.165) is 42.5 Å². The largest absolute Gasteiger partial charge is 0.476 e. The average Bonchev–Trinajstić information content (AvgIpc) is 3.44. The molecule has 0 saturated heterocycles. The SMILES string of the molecule is Cc1[nH]n(-c2cc(SOOO)ccc2S(=O)(=O)O)c(=O)c1C=C1C(=O)N(c2cc(SOOO)ccc2S(=O)(=O)O)N=C1C(=O)O. The minimum absolute atomic E-state index is 0.0147. The second kappa shape index (κ2) is 13.2. The number of amides is 1. The number of aliphatic carboxylic acids is 1. The number of hydrogen-bond acceptors (Lipinski definition) is 16. The first-order valence-corrected chi connectivity index (χ1v) is 15.7. The van der Waals surface area contributed by atoms with Crippen molar-refractivity contribution in [1.29, 1.82) is 0 Å².